The van der Waals surface area contributed by atoms with Crippen molar-refractivity contribution in [2.75, 3.05) is 5.32 Å². The zero-order valence-corrected chi connectivity index (χ0v) is 11.9. The van der Waals surface area contributed by atoms with Crippen molar-refractivity contribution in [1.29, 1.82) is 0 Å². The highest BCUT2D eigenvalue weighted by Gasteiger charge is 2.21. The highest BCUT2D eigenvalue weighted by Crippen LogP contribution is 2.30. The minimum atomic E-state index is -1.31. The van der Waals surface area contributed by atoms with Crippen LogP contribution in [0, 0.1) is 21.7 Å². The summed E-state index contributed by atoms with van der Waals surface area (Å²) in [4.78, 5) is 10.0. The van der Waals surface area contributed by atoms with E-state index < -0.39 is 27.9 Å². The maximum absolute atomic E-state index is 13.7. The predicted octanol–water partition coefficient (Wildman–Crippen LogP) is 4.79. The summed E-state index contributed by atoms with van der Waals surface area (Å²) in [5.41, 5.74) is -0.538. The van der Waals surface area contributed by atoms with Crippen molar-refractivity contribution >= 4 is 34.6 Å². The Morgan fingerprint density at radius 1 is 1.19 bits per heavy atom. The van der Waals surface area contributed by atoms with Gasteiger partial charge in [0.05, 0.1) is 4.92 Å². The summed E-state index contributed by atoms with van der Waals surface area (Å²) in [5.74, 6) is -2.49. The summed E-state index contributed by atoms with van der Waals surface area (Å²) in [6, 6.07) is 6.23. The monoisotopic (exact) mass is 332 g/mol. The highest BCUT2D eigenvalue weighted by atomic mass is 35.5. The molecular formula is C13H8Cl2F2N2O2. The first-order valence-electron chi connectivity index (χ1n) is 5.70. The number of nitrogens with zero attached hydrogens (tertiary/aromatic N) is 1. The third-order valence-electron chi connectivity index (χ3n) is 2.74. The molecule has 0 bridgehead atoms. The van der Waals surface area contributed by atoms with Gasteiger partial charge in [-0.3, -0.25) is 10.1 Å². The predicted molar refractivity (Wildman–Crippen MR) is 76.8 cm³/mol. The molecule has 2 aromatic carbocycles. The summed E-state index contributed by atoms with van der Waals surface area (Å²) in [7, 11) is 0. The van der Waals surface area contributed by atoms with Gasteiger partial charge < -0.3 is 5.32 Å². The molecule has 1 N–H and O–H groups in total. The molecule has 0 heterocycles. The van der Waals surface area contributed by atoms with Gasteiger partial charge in [0.1, 0.15) is 0 Å². The molecule has 0 atom stereocenters. The lowest BCUT2D eigenvalue weighted by atomic mass is 10.2. The van der Waals surface area contributed by atoms with Crippen LogP contribution < -0.4 is 5.32 Å². The Bertz CT molecular complexity index is 711. The average Bonchev–Trinajstić information content (AvgIpc) is 2.41. The standard InChI is InChI=1S/C13H8Cl2F2N2O2/c14-8-2-1-7(9(15)5-8)6-18-13-11(19(20)21)4-3-10(16)12(13)17/h1-5,18H,6H2. The molecule has 2 rings (SSSR count). The molecule has 0 saturated heterocycles. The number of anilines is 1. The topological polar surface area (TPSA) is 55.2 Å². The molecule has 0 saturated carbocycles. The van der Waals surface area contributed by atoms with Crippen LogP contribution in [0.4, 0.5) is 20.2 Å². The minimum Gasteiger partial charge on any atom is -0.373 e. The van der Waals surface area contributed by atoms with Gasteiger partial charge in [0.25, 0.3) is 5.69 Å². The van der Waals surface area contributed by atoms with Crippen molar-refractivity contribution in [1.82, 2.24) is 0 Å². The molecule has 0 unspecified atom stereocenters. The van der Waals surface area contributed by atoms with Crippen molar-refractivity contribution in [3.8, 4) is 0 Å². The van der Waals surface area contributed by atoms with Crippen LogP contribution in [0.2, 0.25) is 10.0 Å². The van der Waals surface area contributed by atoms with Crippen molar-refractivity contribution in [2.24, 2.45) is 0 Å². The van der Waals surface area contributed by atoms with E-state index in [-0.39, 0.29) is 6.54 Å². The third kappa shape index (κ3) is 3.40. The first-order chi connectivity index (χ1) is 9.90. The van der Waals surface area contributed by atoms with Crippen LogP contribution >= 0.6 is 23.2 Å². The van der Waals surface area contributed by atoms with E-state index in [1.165, 1.54) is 6.07 Å². The van der Waals surface area contributed by atoms with Crippen LogP contribution in [0.15, 0.2) is 30.3 Å². The normalized spacial score (nSPS) is 10.5. The van der Waals surface area contributed by atoms with Crippen LogP contribution in [-0.4, -0.2) is 4.92 Å². The smallest absolute Gasteiger partial charge is 0.295 e. The molecule has 21 heavy (non-hydrogen) atoms. The summed E-state index contributed by atoms with van der Waals surface area (Å²) in [6.45, 7) is -0.0167. The number of benzene rings is 2. The van der Waals surface area contributed by atoms with E-state index in [0.717, 1.165) is 6.07 Å². The van der Waals surface area contributed by atoms with E-state index in [1.807, 2.05) is 0 Å². The van der Waals surface area contributed by atoms with Crippen molar-refractivity contribution in [3.63, 3.8) is 0 Å². The Morgan fingerprint density at radius 3 is 2.52 bits per heavy atom. The van der Waals surface area contributed by atoms with Crippen LogP contribution in [0.3, 0.4) is 0 Å². The number of halogens is 4. The maximum Gasteiger partial charge on any atom is 0.295 e. The second-order valence-corrected chi connectivity index (χ2v) is 4.95. The number of hydrogen-bond acceptors (Lipinski definition) is 3. The quantitative estimate of drug-likeness (QED) is 0.646. The number of nitro groups is 1. The van der Waals surface area contributed by atoms with E-state index in [0.29, 0.717) is 21.7 Å². The molecule has 110 valence electrons. The third-order valence-corrected chi connectivity index (χ3v) is 3.33. The van der Waals surface area contributed by atoms with Crippen LogP contribution in [0.1, 0.15) is 5.56 Å². The Kier molecular flexibility index (Phi) is 4.59. The van der Waals surface area contributed by atoms with Crippen molar-refractivity contribution < 1.29 is 13.7 Å². The summed E-state index contributed by atoms with van der Waals surface area (Å²) in [5, 5.41) is 14.1. The Balaban J connectivity index is 2.31. The number of hydrogen-bond donors (Lipinski definition) is 1. The van der Waals surface area contributed by atoms with Crippen LogP contribution in [0.5, 0.6) is 0 Å². The Morgan fingerprint density at radius 2 is 1.90 bits per heavy atom. The molecule has 0 fully saturated rings. The minimum absolute atomic E-state index is 0.0167. The van der Waals surface area contributed by atoms with Gasteiger partial charge in [-0.2, -0.15) is 0 Å². The van der Waals surface area contributed by atoms with E-state index in [9.17, 15) is 18.9 Å². The zero-order valence-electron chi connectivity index (χ0n) is 10.4. The van der Waals surface area contributed by atoms with E-state index in [4.69, 9.17) is 23.2 Å². The molecule has 0 radical (unpaired) electrons. The maximum atomic E-state index is 13.7. The molecule has 0 amide bonds. The van der Waals surface area contributed by atoms with Crippen LogP contribution in [-0.2, 0) is 6.54 Å². The van der Waals surface area contributed by atoms with Gasteiger partial charge in [0.2, 0.25) is 0 Å². The number of nitro benzene ring substituents is 1. The van der Waals surface area contributed by atoms with Gasteiger partial charge in [0.15, 0.2) is 17.3 Å². The molecule has 0 aromatic heterocycles. The van der Waals surface area contributed by atoms with E-state index in [2.05, 4.69) is 5.32 Å². The van der Waals surface area contributed by atoms with Gasteiger partial charge in [-0.25, -0.2) is 8.78 Å². The number of nitrogens with one attached hydrogen (secondary N) is 1. The summed E-state index contributed by atoms with van der Waals surface area (Å²) < 4.78 is 26.9. The summed E-state index contributed by atoms with van der Waals surface area (Å²) >= 11 is 11.7. The summed E-state index contributed by atoms with van der Waals surface area (Å²) in [6.07, 6.45) is 0. The molecule has 8 heteroatoms. The second-order valence-electron chi connectivity index (χ2n) is 4.10. The number of rotatable bonds is 4. The molecule has 0 aliphatic heterocycles. The van der Waals surface area contributed by atoms with Gasteiger partial charge in [-0.05, 0) is 23.8 Å². The van der Waals surface area contributed by atoms with Gasteiger partial charge >= 0.3 is 0 Å². The Hall–Kier alpha value is -1.92. The molecule has 4 nitrogen and oxygen atoms in total. The SMILES string of the molecule is O=[N+]([O-])c1ccc(F)c(F)c1NCc1ccc(Cl)cc1Cl. The van der Waals surface area contributed by atoms with E-state index in [1.54, 1.807) is 12.1 Å². The van der Waals surface area contributed by atoms with Gasteiger partial charge in [-0.15, -0.1) is 0 Å². The molecule has 0 aliphatic rings. The lowest BCUT2D eigenvalue weighted by Crippen LogP contribution is -2.06. The largest absolute Gasteiger partial charge is 0.373 e. The zero-order chi connectivity index (χ0) is 15.6. The fourth-order valence-electron chi connectivity index (χ4n) is 1.71. The average molecular weight is 333 g/mol. The van der Waals surface area contributed by atoms with Gasteiger partial charge in [0, 0.05) is 22.7 Å². The molecule has 0 aliphatic carbocycles. The van der Waals surface area contributed by atoms with Gasteiger partial charge in [-0.1, -0.05) is 29.3 Å². The fraction of sp³-hybridized carbons (Fsp3) is 0.0769. The Labute approximate surface area is 128 Å². The lowest BCUT2D eigenvalue weighted by molar-refractivity contribution is -0.384. The van der Waals surface area contributed by atoms with Crippen LogP contribution in [0.25, 0.3) is 0 Å². The lowest BCUT2D eigenvalue weighted by Gasteiger charge is -2.10. The molecular weight excluding hydrogens is 325 g/mol. The highest BCUT2D eigenvalue weighted by molar-refractivity contribution is 6.35. The molecule has 2 aromatic rings. The second kappa shape index (κ2) is 6.24. The fourth-order valence-corrected chi connectivity index (χ4v) is 2.18. The van der Waals surface area contributed by atoms with Crippen molar-refractivity contribution in [2.45, 2.75) is 6.54 Å². The first-order valence-corrected chi connectivity index (χ1v) is 6.46. The van der Waals surface area contributed by atoms with E-state index >= 15 is 0 Å². The van der Waals surface area contributed by atoms with Crippen molar-refractivity contribution in [3.05, 3.63) is 67.7 Å². The first kappa shape index (κ1) is 15.5. The molecule has 0 spiro atoms.